The van der Waals surface area contributed by atoms with Crippen molar-refractivity contribution in [1.82, 2.24) is 15.5 Å². The first-order valence-corrected chi connectivity index (χ1v) is 12.0. The van der Waals surface area contributed by atoms with E-state index < -0.39 is 30.1 Å². The fourth-order valence-corrected chi connectivity index (χ4v) is 4.39. The van der Waals surface area contributed by atoms with Crippen molar-refractivity contribution in [2.45, 2.75) is 50.9 Å². The van der Waals surface area contributed by atoms with Crippen LogP contribution < -0.4 is 21.1 Å². The molecule has 2 aromatic rings. The van der Waals surface area contributed by atoms with Crippen molar-refractivity contribution in [2.75, 3.05) is 6.54 Å². The van der Waals surface area contributed by atoms with Crippen LogP contribution in [0.3, 0.4) is 0 Å². The number of rotatable bonds is 4. The normalized spacial score (nSPS) is 24.1. The van der Waals surface area contributed by atoms with Gasteiger partial charge in [0.25, 0.3) is 0 Å². The van der Waals surface area contributed by atoms with Crippen LogP contribution in [0.15, 0.2) is 60.8 Å². The quantitative estimate of drug-likeness (QED) is 0.623. The highest BCUT2D eigenvalue weighted by molar-refractivity contribution is 5.94. The molecule has 35 heavy (non-hydrogen) atoms. The summed E-state index contributed by atoms with van der Waals surface area (Å²) in [6.45, 7) is 4.09. The van der Waals surface area contributed by atoms with Crippen molar-refractivity contribution >= 4 is 23.8 Å². The third-order valence-electron chi connectivity index (χ3n) is 6.48. The van der Waals surface area contributed by atoms with Crippen molar-refractivity contribution in [3.05, 3.63) is 71.9 Å². The lowest BCUT2D eigenvalue weighted by Crippen LogP contribution is -2.59. The summed E-state index contributed by atoms with van der Waals surface area (Å²) in [4.78, 5) is 41.4. The molecular formula is C27H32N4O4. The zero-order valence-corrected chi connectivity index (χ0v) is 20.0. The SMILES string of the molecule is CC(C)[C@H](N)C(=O)N1CC[C@@H]2Oc3ccc(cc3)/C=C\NC(=O)[C@H](Cc3ccccc3)NC(=O)[C@H]21. The number of fused-ring (bicyclic) bond motifs is 7. The number of carbonyl (C=O) groups is 3. The first-order chi connectivity index (χ1) is 16.8. The van der Waals surface area contributed by atoms with E-state index in [9.17, 15) is 14.4 Å². The van der Waals surface area contributed by atoms with Crippen LogP contribution in [0.5, 0.6) is 5.75 Å². The molecule has 3 amide bonds. The maximum Gasteiger partial charge on any atom is 0.247 e. The fraction of sp³-hybridized carbons (Fsp3) is 0.370. The Bertz CT molecular complexity index is 1080. The van der Waals surface area contributed by atoms with Crippen molar-refractivity contribution in [1.29, 1.82) is 0 Å². The number of benzene rings is 2. The van der Waals surface area contributed by atoms with Gasteiger partial charge in [0.2, 0.25) is 17.7 Å². The summed E-state index contributed by atoms with van der Waals surface area (Å²) in [7, 11) is 0. The fourth-order valence-electron chi connectivity index (χ4n) is 4.39. The predicted octanol–water partition coefficient (Wildman–Crippen LogP) is 1.85. The Hall–Kier alpha value is -3.65. The van der Waals surface area contributed by atoms with E-state index in [1.165, 1.54) is 4.90 Å². The first kappa shape index (κ1) is 24.5. The molecular weight excluding hydrogens is 444 g/mol. The van der Waals surface area contributed by atoms with Crippen molar-refractivity contribution in [2.24, 2.45) is 11.7 Å². The van der Waals surface area contributed by atoms with Gasteiger partial charge in [-0.05, 0) is 35.3 Å². The van der Waals surface area contributed by atoms with E-state index >= 15 is 0 Å². The van der Waals surface area contributed by atoms with Gasteiger partial charge >= 0.3 is 0 Å². The lowest BCUT2D eigenvalue weighted by molar-refractivity contribution is -0.142. The third-order valence-corrected chi connectivity index (χ3v) is 6.48. The molecule has 3 heterocycles. The second kappa shape index (κ2) is 10.7. The summed E-state index contributed by atoms with van der Waals surface area (Å²) in [5, 5.41) is 5.66. The first-order valence-electron chi connectivity index (χ1n) is 12.0. The van der Waals surface area contributed by atoms with Crippen molar-refractivity contribution < 1.29 is 19.1 Å². The van der Waals surface area contributed by atoms with Crippen LogP contribution >= 0.6 is 0 Å². The molecule has 0 aromatic heterocycles. The zero-order valence-electron chi connectivity index (χ0n) is 20.0. The summed E-state index contributed by atoms with van der Waals surface area (Å²) < 4.78 is 6.19. The summed E-state index contributed by atoms with van der Waals surface area (Å²) in [6.07, 6.45) is 3.55. The molecule has 3 aliphatic rings. The second-order valence-electron chi connectivity index (χ2n) is 9.35. The number of amides is 3. The second-order valence-corrected chi connectivity index (χ2v) is 9.35. The molecule has 4 N–H and O–H groups in total. The Kier molecular flexibility index (Phi) is 7.51. The highest BCUT2D eigenvalue weighted by Crippen LogP contribution is 2.26. The summed E-state index contributed by atoms with van der Waals surface area (Å²) in [6, 6.07) is 14.3. The van der Waals surface area contributed by atoms with Gasteiger partial charge in [0.15, 0.2) is 0 Å². The van der Waals surface area contributed by atoms with Gasteiger partial charge < -0.3 is 26.0 Å². The minimum Gasteiger partial charge on any atom is -0.488 e. The largest absolute Gasteiger partial charge is 0.488 e. The average molecular weight is 477 g/mol. The van der Waals surface area contributed by atoms with E-state index in [1.807, 2.05) is 68.4 Å². The number of hydrogen-bond acceptors (Lipinski definition) is 5. The molecule has 184 valence electrons. The molecule has 0 saturated carbocycles. The van der Waals surface area contributed by atoms with E-state index in [0.717, 1.165) is 11.1 Å². The molecule has 3 aliphatic heterocycles. The van der Waals surface area contributed by atoms with Gasteiger partial charge in [0.1, 0.15) is 23.9 Å². The number of carbonyl (C=O) groups excluding carboxylic acids is 3. The number of nitrogens with two attached hydrogens (primary N) is 1. The van der Waals surface area contributed by atoms with Gasteiger partial charge in [-0.1, -0.05) is 56.3 Å². The highest BCUT2D eigenvalue weighted by atomic mass is 16.5. The van der Waals surface area contributed by atoms with Crippen molar-refractivity contribution in [3.8, 4) is 5.75 Å². The molecule has 2 aromatic carbocycles. The monoisotopic (exact) mass is 476 g/mol. The van der Waals surface area contributed by atoms with Crippen LogP contribution in [0.1, 0.15) is 31.4 Å². The van der Waals surface area contributed by atoms with Crippen LogP contribution in [0.2, 0.25) is 0 Å². The van der Waals surface area contributed by atoms with Gasteiger partial charge in [-0.2, -0.15) is 0 Å². The summed E-state index contributed by atoms with van der Waals surface area (Å²) >= 11 is 0. The predicted molar refractivity (Wildman–Crippen MR) is 133 cm³/mol. The Labute approximate surface area is 205 Å². The van der Waals surface area contributed by atoms with Gasteiger partial charge in [-0.3, -0.25) is 14.4 Å². The lowest BCUT2D eigenvalue weighted by atomic mass is 10.0. The third kappa shape index (κ3) is 5.71. The van der Waals surface area contributed by atoms with E-state index in [0.29, 0.717) is 25.1 Å². The maximum absolute atomic E-state index is 13.7. The molecule has 8 nitrogen and oxygen atoms in total. The topological polar surface area (TPSA) is 114 Å². The van der Waals surface area contributed by atoms with E-state index in [1.54, 1.807) is 12.3 Å². The summed E-state index contributed by atoms with van der Waals surface area (Å²) in [5.41, 5.74) is 7.96. The average Bonchev–Trinajstić information content (AvgIpc) is 3.27. The van der Waals surface area contributed by atoms with Gasteiger partial charge in [-0.15, -0.1) is 0 Å². The Morgan fingerprint density at radius 3 is 2.49 bits per heavy atom. The van der Waals surface area contributed by atoms with Gasteiger partial charge in [0.05, 0.1) is 6.04 Å². The number of nitrogens with one attached hydrogen (secondary N) is 2. The number of likely N-dealkylation sites (tertiary alicyclic amines) is 1. The van der Waals surface area contributed by atoms with Crippen LogP contribution in [0.4, 0.5) is 0 Å². The lowest BCUT2D eigenvalue weighted by Gasteiger charge is -2.31. The van der Waals surface area contributed by atoms with Gasteiger partial charge in [0, 0.05) is 25.6 Å². The van der Waals surface area contributed by atoms with Gasteiger partial charge in [-0.25, -0.2) is 0 Å². The Morgan fingerprint density at radius 2 is 1.80 bits per heavy atom. The molecule has 1 saturated heterocycles. The molecule has 0 radical (unpaired) electrons. The van der Waals surface area contributed by atoms with E-state index in [-0.39, 0.29) is 17.7 Å². The molecule has 2 bridgehead atoms. The summed E-state index contributed by atoms with van der Waals surface area (Å²) in [5.74, 6) is -0.561. The number of ether oxygens (including phenoxy) is 1. The standard InChI is InChI=1S/C27H32N4O4/c1-17(2)23(28)27(34)31-15-13-22-24(31)26(33)30-21(16-19-6-4-3-5-7-19)25(32)29-14-12-18-8-10-20(35-22)11-9-18/h3-12,14,17,21-24H,13,15-16,28H2,1-2H3,(H,29,32)(H,30,33)/b14-12-/t21-,22-,23-,24-/m0/s1. The number of nitrogens with zero attached hydrogens (tertiary/aromatic N) is 1. The van der Waals surface area contributed by atoms with E-state index in [4.69, 9.17) is 10.5 Å². The molecule has 0 spiro atoms. The molecule has 1 fully saturated rings. The Balaban J connectivity index is 1.68. The maximum atomic E-state index is 13.7. The molecule has 0 unspecified atom stereocenters. The highest BCUT2D eigenvalue weighted by Gasteiger charge is 2.45. The zero-order chi connectivity index (χ0) is 24.9. The van der Waals surface area contributed by atoms with Crippen molar-refractivity contribution in [3.63, 3.8) is 0 Å². The number of hydrogen-bond donors (Lipinski definition) is 3. The minimum atomic E-state index is -0.906. The molecule has 4 atom stereocenters. The van der Waals surface area contributed by atoms with E-state index in [2.05, 4.69) is 10.6 Å². The minimum absolute atomic E-state index is 0.0834. The van der Waals surface area contributed by atoms with Crippen LogP contribution in [-0.4, -0.2) is 53.4 Å². The smallest absolute Gasteiger partial charge is 0.247 e. The molecule has 5 rings (SSSR count). The molecule has 0 aliphatic carbocycles. The van der Waals surface area contributed by atoms with Crippen LogP contribution in [0.25, 0.3) is 6.08 Å². The van der Waals surface area contributed by atoms with Crippen LogP contribution in [0, 0.1) is 5.92 Å². The van der Waals surface area contributed by atoms with Crippen LogP contribution in [-0.2, 0) is 20.8 Å². The molecule has 8 heteroatoms. The Morgan fingerprint density at radius 1 is 1.09 bits per heavy atom.